The van der Waals surface area contributed by atoms with E-state index in [9.17, 15) is 5.11 Å². The van der Waals surface area contributed by atoms with Gasteiger partial charge in [-0.25, -0.2) is 0 Å². The van der Waals surface area contributed by atoms with Crippen molar-refractivity contribution in [3.8, 4) is 0 Å². The van der Waals surface area contributed by atoms with Crippen LogP contribution in [0.5, 0.6) is 0 Å². The molecule has 1 aliphatic carbocycles. The van der Waals surface area contributed by atoms with Crippen LogP contribution in [0.2, 0.25) is 0 Å². The van der Waals surface area contributed by atoms with E-state index in [1.807, 2.05) is 25.2 Å². The normalized spacial score (nSPS) is 19.6. The summed E-state index contributed by atoms with van der Waals surface area (Å²) in [5.41, 5.74) is 0.798. The first-order valence-corrected chi connectivity index (χ1v) is 6.77. The van der Waals surface area contributed by atoms with Gasteiger partial charge in [-0.15, -0.1) is 0 Å². The molecule has 0 amide bonds. The van der Waals surface area contributed by atoms with Crippen LogP contribution in [0.25, 0.3) is 0 Å². The molecule has 1 aromatic carbocycles. The van der Waals surface area contributed by atoms with E-state index in [2.05, 4.69) is 29.4 Å². The van der Waals surface area contributed by atoms with Gasteiger partial charge in [-0.2, -0.15) is 0 Å². The lowest BCUT2D eigenvalue weighted by Crippen LogP contribution is -2.54. The van der Waals surface area contributed by atoms with Crippen LogP contribution in [0.1, 0.15) is 24.8 Å². The number of aliphatic hydroxyl groups is 1. The second-order valence-electron chi connectivity index (χ2n) is 5.36. The monoisotopic (exact) mass is 248 g/mol. The van der Waals surface area contributed by atoms with Crippen molar-refractivity contribution in [1.29, 1.82) is 0 Å². The first kappa shape index (κ1) is 13.5. The van der Waals surface area contributed by atoms with Crippen LogP contribution in [0.15, 0.2) is 30.3 Å². The molecule has 0 spiro atoms. The third-order valence-corrected chi connectivity index (χ3v) is 4.29. The summed E-state index contributed by atoms with van der Waals surface area (Å²) in [6.45, 7) is 0.958. The average Bonchev–Trinajstić information content (AvgIpc) is 2.35. The van der Waals surface area contributed by atoms with Crippen molar-refractivity contribution >= 4 is 0 Å². The van der Waals surface area contributed by atoms with E-state index in [0.29, 0.717) is 6.04 Å². The minimum absolute atomic E-state index is 0.116. The van der Waals surface area contributed by atoms with Crippen molar-refractivity contribution in [3.63, 3.8) is 0 Å². The number of nitrogens with zero attached hydrogens (tertiary/aromatic N) is 1. The van der Waals surface area contributed by atoms with Crippen molar-refractivity contribution in [2.24, 2.45) is 0 Å². The zero-order chi connectivity index (χ0) is 13.0. The number of hydrogen-bond donors (Lipinski definition) is 2. The second-order valence-corrected chi connectivity index (χ2v) is 5.36. The fourth-order valence-corrected chi connectivity index (χ4v) is 2.67. The van der Waals surface area contributed by atoms with Crippen molar-refractivity contribution < 1.29 is 5.11 Å². The van der Waals surface area contributed by atoms with Crippen molar-refractivity contribution in [2.75, 3.05) is 27.2 Å². The molecule has 0 saturated heterocycles. The predicted molar refractivity (Wildman–Crippen MR) is 74.5 cm³/mol. The number of rotatable bonds is 6. The van der Waals surface area contributed by atoms with Gasteiger partial charge in [0.05, 0.1) is 12.1 Å². The van der Waals surface area contributed by atoms with Gasteiger partial charge in [0, 0.05) is 12.6 Å². The van der Waals surface area contributed by atoms with E-state index >= 15 is 0 Å². The summed E-state index contributed by atoms with van der Waals surface area (Å²) in [7, 11) is 4.09. The smallest absolute Gasteiger partial charge is 0.0795 e. The molecule has 1 unspecified atom stereocenters. The molecule has 0 heterocycles. The Hall–Kier alpha value is -0.900. The van der Waals surface area contributed by atoms with Crippen LogP contribution in [-0.4, -0.2) is 43.3 Å². The molecular weight excluding hydrogens is 224 g/mol. The van der Waals surface area contributed by atoms with Crippen LogP contribution in [0, 0.1) is 0 Å². The number of benzene rings is 1. The standard InChI is InChI=1S/C15H24N2O/c1-16-15(12-18,13-7-4-3-5-8-13)11-17(2)14-9-6-10-14/h3-5,7-8,14,16,18H,6,9-12H2,1-2H3. The van der Waals surface area contributed by atoms with Gasteiger partial charge in [-0.1, -0.05) is 36.8 Å². The van der Waals surface area contributed by atoms with Gasteiger partial charge in [0.1, 0.15) is 0 Å². The Labute approximate surface area is 110 Å². The summed E-state index contributed by atoms with van der Waals surface area (Å²) >= 11 is 0. The largest absolute Gasteiger partial charge is 0.394 e. The lowest BCUT2D eigenvalue weighted by molar-refractivity contribution is 0.0784. The van der Waals surface area contributed by atoms with E-state index in [1.54, 1.807) is 0 Å². The Morgan fingerprint density at radius 3 is 2.44 bits per heavy atom. The molecule has 3 nitrogen and oxygen atoms in total. The molecule has 2 rings (SSSR count). The fourth-order valence-electron chi connectivity index (χ4n) is 2.67. The summed E-state index contributed by atoms with van der Waals surface area (Å²) in [5.74, 6) is 0. The van der Waals surface area contributed by atoms with Gasteiger partial charge >= 0.3 is 0 Å². The van der Waals surface area contributed by atoms with E-state index < -0.39 is 0 Å². The summed E-state index contributed by atoms with van der Waals surface area (Å²) in [6.07, 6.45) is 3.92. The third-order valence-electron chi connectivity index (χ3n) is 4.29. The van der Waals surface area contributed by atoms with Crippen LogP contribution < -0.4 is 5.32 Å². The topological polar surface area (TPSA) is 35.5 Å². The summed E-state index contributed by atoms with van der Waals surface area (Å²) in [4.78, 5) is 2.38. The lowest BCUT2D eigenvalue weighted by atomic mass is 9.86. The third kappa shape index (κ3) is 2.58. The Morgan fingerprint density at radius 1 is 1.33 bits per heavy atom. The number of likely N-dealkylation sites (N-methyl/N-ethyl adjacent to an activating group) is 2. The number of hydrogen-bond acceptors (Lipinski definition) is 3. The first-order chi connectivity index (χ1) is 8.72. The minimum Gasteiger partial charge on any atom is -0.394 e. The van der Waals surface area contributed by atoms with Gasteiger partial charge in [0.25, 0.3) is 0 Å². The highest BCUT2D eigenvalue weighted by atomic mass is 16.3. The molecule has 1 saturated carbocycles. The van der Waals surface area contributed by atoms with E-state index in [0.717, 1.165) is 12.1 Å². The van der Waals surface area contributed by atoms with Crippen LogP contribution >= 0.6 is 0 Å². The summed E-state index contributed by atoms with van der Waals surface area (Å²) in [5, 5.41) is 13.2. The van der Waals surface area contributed by atoms with E-state index in [-0.39, 0.29) is 12.1 Å². The average molecular weight is 248 g/mol. The molecule has 0 bridgehead atoms. The second kappa shape index (κ2) is 5.83. The maximum absolute atomic E-state index is 9.86. The zero-order valence-corrected chi connectivity index (χ0v) is 11.4. The molecule has 1 aliphatic rings. The Balaban J connectivity index is 2.15. The van der Waals surface area contributed by atoms with Crippen LogP contribution in [-0.2, 0) is 5.54 Å². The molecule has 1 fully saturated rings. The highest BCUT2D eigenvalue weighted by Gasteiger charge is 2.34. The summed E-state index contributed by atoms with van der Waals surface area (Å²) in [6, 6.07) is 10.9. The Kier molecular flexibility index (Phi) is 4.38. The quantitative estimate of drug-likeness (QED) is 0.802. The van der Waals surface area contributed by atoms with Gasteiger partial charge in [0.15, 0.2) is 0 Å². The number of nitrogens with one attached hydrogen (secondary N) is 1. The van der Waals surface area contributed by atoms with Gasteiger partial charge in [0.2, 0.25) is 0 Å². The van der Waals surface area contributed by atoms with Gasteiger partial charge in [-0.3, -0.25) is 0 Å². The molecule has 2 N–H and O–H groups in total. The van der Waals surface area contributed by atoms with Crippen LogP contribution in [0.3, 0.4) is 0 Å². The van der Waals surface area contributed by atoms with E-state index in [1.165, 1.54) is 19.3 Å². The molecule has 0 aromatic heterocycles. The van der Waals surface area contributed by atoms with Crippen molar-refractivity contribution in [1.82, 2.24) is 10.2 Å². The Bertz CT molecular complexity index is 358. The fraction of sp³-hybridized carbons (Fsp3) is 0.600. The molecule has 0 radical (unpaired) electrons. The molecular formula is C15H24N2O. The van der Waals surface area contributed by atoms with Gasteiger partial charge in [-0.05, 0) is 32.5 Å². The molecule has 0 aliphatic heterocycles. The molecule has 100 valence electrons. The highest BCUT2D eigenvalue weighted by molar-refractivity contribution is 5.25. The van der Waals surface area contributed by atoms with Crippen molar-refractivity contribution in [3.05, 3.63) is 35.9 Å². The molecule has 1 aromatic rings. The molecule has 3 heteroatoms. The Morgan fingerprint density at radius 2 is 2.00 bits per heavy atom. The SMILES string of the molecule is CNC(CO)(CN(C)C1CCC1)c1ccccc1. The number of aliphatic hydroxyl groups excluding tert-OH is 1. The zero-order valence-electron chi connectivity index (χ0n) is 11.4. The highest BCUT2D eigenvalue weighted by Crippen LogP contribution is 2.28. The summed E-state index contributed by atoms with van der Waals surface area (Å²) < 4.78 is 0. The molecule has 1 atom stereocenters. The van der Waals surface area contributed by atoms with Gasteiger partial charge < -0.3 is 15.3 Å². The predicted octanol–water partition coefficient (Wildman–Crippen LogP) is 1.58. The lowest BCUT2D eigenvalue weighted by Gasteiger charge is -2.42. The maximum Gasteiger partial charge on any atom is 0.0795 e. The van der Waals surface area contributed by atoms with Crippen molar-refractivity contribution in [2.45, 2.75) is 30.8 Å². The minimum atomic E-state index is -0.356. The van der Waals surface area contributed by atoms with E-state index in [4.69, 9.17) is 0 Å². The maximum atomic E-state index is 9.86. The van der Waals surface area contributed by atoms with Crippen LogP contribution in [0.4, 0.5) is 0 Å². The first-order valence-electron chi connectivity index (χ1n) is 6.77. The molecule has 18 heavy (non-hydrogen) atoms.